The second-order valence-corrected chi connectivity index (χ2v) is 7.44. The number of halogens is 2. The van der Waals surface area contributed by atoms with Crippen LogP contribution in [0.5, 0.6) is 0 Å². The van der Waals surface area contributed by atoms with Crippen LogP contribution in [0.1, 0.15) is 34.3 Å². The SMILES string of the molecule is O=C(CNC(=O)c1cc(F)cc(F)c1)NCc1ccc(CN2CCC(O)CC2)cc1. The summed E-state index contributed by atoms with van der Waals surface area (Å²) < 4.78 is 26.3. The van der Waals surface area contributed by atoms with Crippen LogP contribution in [0.4, 0.5) is 8.78 Å². The zero-order valence-electron chi connectivity index (χ0n) is 16.5. The number of carbonyl (C=O) groups excluding carboxylic acids is 2. The Hall–Kier alpha value is -2.84. The second-order valence-electron chi connectivity index (χ2n) is 7.44. The summed E-state index contributed by atoms with van der Waals surface area (Å²) in [5, 5.41) is 14.6. The molecule has 8 heteroatoms. The Labute approximate surface area is 173 Å². The number of nitrogens with one attached hydrogen (secondary N) is 2. The molecule has 3 rings (SSSR count). The number of aliphatic hydroxyl groups excluding tert-OH is 1. The van der Waals surface area contributed by atoms with Crippen molar-refractivity contribution in [3.63, 3.8) is 0 Å². The summed E-state index contributed by atoms with van der Waals surface area (Å²) in [5.74, 6) is -2.84. The van der Waals surface area contributed by atoms with Gasteiger partial charge in [0, 0.05) is 37.8 Å². The lowest BCUT2D eigenvalue weighted by molar-refractivity contribution is -0.120. The Morgan fingerprint density at radius 1 is 0.967 bits per heavy atom. The predicted octanol–water partition coefficient (Wildman–Crippen LogP) is 1.97. The van der Waals surface area contributed by atoms with Gasteiger partial charge in [0.05, 0.1) is 12.6 Å². The first-order chi connectivity index (χ1) is 14.4. The van der Waals surface area contributed by atoms with Crippen molar-refractivity contribution in [1.82, 2.24) is 15.5 Å². The van der Waals surface area contributed by atoms with Crippen molar-refractivity contribution in [2.24, 2.45) is 0 Å². The molecule has 0 atom stereocenters. The first-order valence-electron chi connectivity index (χ1n) is 9.88. The molecule has 0 spiro atoms. The molecular formula is C22H25F2N3O3. The highest BCUT2D eigenvalue weighted by Crippen LogP contribution is 2.14. The van der Waals surface area contributed by atoms with Crippen LogP contribution < -0.4 is 10.6 Å². The minimum Gasteiger partial charge on any atom is -0.393 e. The van der Waals surface area contributed by atoms with Crippen molar-refractivity contribution >= 4 is 11.8 Å². The molecule has 1 aliphatic rings. The summed E-state index contributed by atoms with van der Waals surface area (Å²) in [4.78, 5) is 26.1. The average Bonchev–Trinajstić information content (AvgIpc) is 2.72. The molecule has 2 aromatic rings. The zero-order chi connectivity index (χ0) is 21.5. The summed E-state index contributed by atoms with van der Waals surface area (Å²) in [5.41, 5.74) is 1.90. The average molecular weight is 417 g/mol. The Kier molecular flexibility index (Phi) is 7.48. The third-order valence-corrected chi connectivity index (χ3v) is 5.01. The number of hydrogen-bond donors (Lipinski definition) is 3. The maximum absolute atomic E-state index is 13.2. The number of hydrogen-bond acceptors (Lipinski definition) is 4. The normalized spacial score (nSPS) is 15.0. The molecule has 1 aliphatic heterocycles. The quantitative estimate of drug-likeness (QED) is 0.644. The topological polar surface area (TPSA) is 81.7 Å². The number of amides is 2. The van der Waals surface area contributed by atoms with Crippen molar-refractivity contribution < 1.29 is 23.5 Å². The van der Waals surface area contributed by atoms with Gasteiger partial charge in [-0.2, -0.15) is 0 Å². The Morgan fingerprint density at radius 3 is 2.20 bits per heavy atom. The lowest BCUT2D eigenvalue weighted by Gasteiger charge is -2.29. The molecule has 0 bridgehead atoms. The van der Waals surface area contributed by atoms with Crippen LogP contribution in [0.3, 0.4) is 0 Å². The van der Waals surface area contributed by atoms with Crippen molar-refractivity contribution in [2.45, 2.75) is 32.0 Å². The maximum Gasteiger partial charge on any atom is 0.251 e. The minimum absolute atomic E-state index is 0.181. The van der Waals surface area contributed by atoms with Gasteiger partial charge in [0.1, 0.15) is 11.6 Å². The highest BCUT2D eigenvalue weighted by molar-refractivity contribution is 5.96. The fourth-order valence-corrected chi connectivity index (χ4v) is 3.31. The van der Waals surface area contributed by atoms with Crippen molar-refractivity contribution in [3.8, 4) is 0 Å². The number of rotatable bonds is 7. The van der Waals surface area contributed by atoms with E-state index >= 15 is 0 Å². The molecule has 2 amide bonds. The molecule has 1 fully saturated rings. The molecule has 2 aromatic carbocycles. The number of likely N-dealkylation sites (tertiary alicyclic amines) is 1. The van der Waals surface area contributed by atoms with Crippen LogP contribution >= 0.6 is 0 Å². The van der Waals surface area contributed by atoms with Crippen LogP contribution in [-0.4, -0.2) is 47.6 Å². The van der Waals surface area contributed by atoms with Gasteiger partial charge in [0.2, 0.25) is 5.91 Å². The molecule has 0 radical (unpaired) electrons. The molecule has 30 heavy (non-hydrogen) atoms. The van der Waals surface area contributed by atoms with E-state index in [1.54, 1.807) is 0 Å². The van der Waals surface area contributed by atoms with Crippen LogP contribution in [-0.2, 0) is 17.9 Å². The smallest absolute Gasteiger partial charge is 0.251 e. The van der Waals surface area contributed by atoms with E-state index in [0.717, 1.165) is 55.7 Å². The van der Waals surface area contributed by atoms with Crippen LogP contribution in [0.15, 0.2) is 42.5 Å². The molecule has 0 aromatic heterocycles. The van der Waals surface area contributed by atoms with Crippen LogP contribution in [0.2, 0.25) is 0 Å². The zero-order valence-corrected chi connectivity index (χ0v) is 16.5. The molecule has 0 unspecified atom stereocenters. The molecule has 0 aliphatic carbocycles. The summed E-state index contributed by atoms with van der Waals surface area (Å²) in [6, 6.07) is 10.4. The molecule has 6 nitrogen and oxygen atoms in total. The summed E-state index contributed by atoms with van der Waals surface area (Å²) in [7, 11) is 0. The lowest BCUT2D eigenvalue weighted by atomic mass is 10.1. The highest BCUT2D eigenvalue weighted by atomic mass is 19.1. The fraction of sp³-hybridized carbons (Fsp3) is 0.364. The van der Waals surface area contributed by atoms with E-state index < -0.39 is 23.4 Å². The van der Waals surface area contributed by atoms with E-state index in [4.69, 9.17) is 0 Å². The largest absolute Gasteiger partial charge is 0.393 e. The molecule has 1 saturated heterocycles. The first-order valence-corrected chi connectivity index (χ1v) is 9.88. The number of aliphatic hydroxyl groups is 1. The van der Waals surface area contributed by atoms with Gasteiger partial charge in [-0.15, -0.1) is 0 Å². The molecule has 160 valence electrons. The molecule has 1 heterocycles. The van der Waals surface area contributed by atoms with Gasteiger partial charge in [0.25, 0.3) is 5.91 Å². The molecule has 0 saturated carbocycles. The standard InChI is InChI=1S/C22H25F2N3O3/c23-18-9-17(10-19(24)11-18)22(30)26-13-21(29)25-12-15-1-3-16(4-2-15)14-27-7-5-20(28)6-8-27/h1-4,9-11,20,28H,5-8,12-14H2,(H,25,29)(H,26,30). The molecular weight excluding hydrogens is 392 g/mol. The predicted molar refractivity (Wildman–Crippen MR) is 107 cm³/mol. The third kappa shape index (κ3) is 6.60. The number of piperidine rings is 1. The molecule has 3 N–H and O–H groups in total. The monoisotopic (exact) mass is 417 g/mol. The van der Waals surface area contributed by atoms with E-state index in [-0.39, 0.29) is 18.2 Å². The highest BCUT2D eigenvalue weighted by Gasteiger charge is 2.16. The Balaban J connectivity index is 1.40. The van der Waals surface area contributed by atoms with E-state index in [2.05, 4.69) is 15.5 Å². The number of nitrogens with zero attached hydrogens (tertiary/aromatic N) is 1. The van der Waals surface area contributed by atoms with Crippen LogP contribution in [0, 0.1) is 11.6 Å². The van der Waals surface area contributed by atoms with E-state index in [1.165, 1.54) is 0 Å². The van der Waals surface area contributed by atoms with E-state index in [1.807, 2.05) is 24.3 Å². The second kappa shape index (κ2) is 10.3. The van der Waals surface area contributed by atoms with Crippen molar-refractivity contribution in [1.29, 1.82) is 0 Å². The van der Waals surface area contributed by atoms with Crippen LogP contribution in [0.25, 0.3) is 0 Å². The third-order valence-electron chi connectivity index (χ3n) is 5.01. The lowest BCUT2D eigenvalue weighted by Crippen LogP contribution is -2.36. The van der Waals surface area contributed by atoms with Gasteiger partial charge in [-0.1, -0.05) is 24.3 Å². The Bertz CT molecular complexity index is 861. The van der Waals surface area contributed by atoms with Crippen molar-refractivity contribution in [3.05, 3.63) is 70.8 Å². The summed E-state index contributed by atoms with van der Waals surface area (Å²) >= 11 is 0. The Morgan fingerprint density at radius 2 is 1.57 bits per heavy atom. The number of carbonyl (C=O) groups is 2. The summed E-state index contributed by atoms with van der Waals surface area (Å²) in [6.07, 6.45) is 1.41. The fourth-order valence-electron chi connectivity index (χ4n) is 3.31. The van der Waals surface area contributed by atoms with E-state index in [0.29, 0.717) is 12.6 Å². The van der Waals surface area contributed by atoms with Gasteiger partial charge in [0.15, 0.2) is 0 Å². The van der Waals surface area contributed by atoms with Gasteiger partial charge < -0.3 is 15.7 Å². The first kappa shape index (κ1) is 21.9. The van der Waals surface area contributed by atoms with Gasteiger partial charge in [-0.25, -0.2) is 8.78 Å². The summed E-state index contributed by atoms with van der Waals surface area (Å²) in [6.45, 7) is 2.60. The van der Waals surface area contributed by atoms with Crippen molar-refractivity contribution in [2.75, 3.05) is 19.6 Å². The van der Waals surface area contributed by atoms with Gasteiger partial charge in [-0.05, 0) is 36.1 Å². The minimum atomic E-state index is -0.856. The van der Waals surface area contributed by atoms with E-state index in [9.17, 15) is 23.5 Å². The van der Waals surface area contributed by atoms with Gasteiger partial charge >= 0.3 is 0 Å². The van der Waals surface area contributed by atoms with Gasteiger partial charge in [-0.3, -0.25) is 14.5 Å². The number of benzene rings is 2. The maximum atomic E-state index is 13.2.